The molecule has 0 amide bonds. The summed E-state index contributed by atoms with van der Waals surface area (Å²) in [6, 6.07) is 12.3. The monoisotopic (exact) mass is 369 g/mol. The molecule has 134 valence electrons. The highest BCUT2D eigenvalue weighted by molar-refractivity contribution is 7.89. The fraction of sp³-hybridized carbons (Fsp3) is 0.158. The second-order valence-corrected chi connectivity index (χ2v) is 7.48. The Morgan fingerprint density at radius 1 is 1.12 bits per heavy atom. The third-order valence-corrected chi connectivity index (χ3v) is 5.48. The summed E-state index contributed by atoms with van der Waals surface area (Å²) < 4.78 is 33.1. The molecule has 0 saturated heterocycles. The highest BCUT2D eigenvalue weighted by Gasteiger charge is 2.17. The Hall–Kier alpha value is -2.77. The van der Waals surface area contributed by atoms with Crippen LogP contribution in [0.2, 0.25) is 0 Å². The molecule has 6 nitrogen and oxygen atoms in total. The summed E-state index contributed by atoms with van der Waals surface area (Å²) in [5, 5.41) is 0. The van der Waals surface area contributed by atoms with Crippen molar-refractivity contribution in [1.29, 1.82) is 0 Å². The molecule has 0 spiro atoms. The van der Waals surface area contributed by atoms with Crippen LogP contribution in [-0.4, -0.2) is 25.5 Å². The summed E-state index contributed by atoms with van der Waals surface area (Å²) in [4.78, 5) is 8.60. The van der Waals surface area contributed by atoms with Crippen LogP contribution in [-0.2, 0) is 16.6 Å². The standard InChI is InChI=1S/C19H19N3O3S/c1-14-5-6-17(25-2)11-19(14)26(23,24)22-12-15-7-9-21-18(10-15)16-4-3-8-20-13-16/h3-11,13,22H,12H2,1-2H3. The molecule has 2 heterocycles. The number of nitrogens with zero attached hydrogens (tertiary/aromatic N) is 2. The third kappa shape index (κ3) is 4.07. The molecule has 1 N–H and O–H groups in total. The molecule has 3 aromatic rings. The van der Waals surface area contributed by atoms with Crippen molar-refractivity contribution in [1.82, 2.24) is 14.7 Å². The molecule has 0 aliphatic carbocycles. The zero-order chi connectivity index (χ0) is 18.6. The van der Waals surface area contributed by atoms with Crippen molar-refractivity contribution in [3.63, 3.8) is 0 Å². The molecule has 0 atom stereocenters. The molecule has 7 heteroatoms. The summed E-state index contributed by atoms with van der Waals surface area (Å²) >= 11 is 0. The van der Waals surface area contributed by atoms with Crippen molar-refractivity contribution in [3.8, 4) is 17.0 Å². The van der Waals surface area contributed by atoms with Crippen LogP contribution in [0.15, 0.2) is 66.0 Å². The van der Waals surface area contributed by atoms with Gasteiger partial charge in [-0.1, -0.05) is 6.07 Å². The second-order valence-electron chi connectivity index (χ2n) is 5.75. The van der Waals surface area contributed by atoms with E-state index in [1.807, 2.05) is 18.2 Å². The van der Waals surface area contributed by atoms with Gasteiger partial charge in [-0.15, -0.1) is 0 Å². The SMILES string of the molecule is COc1ccc(C)c(S(=O)(=O)NCc2ccnc(-c3cccnc3)c2)c1. The van der Waals surface area contributed by atoms with E-state index in [0.717, 1.165) is 16.8 Å². The summed E-state index contributed by atoms with van der Waals surface area (Å²) in [7, 11) is -2.16. The van der Waals surface area contributed by atoms with Crippen LogP contribution in [0.1, 0.15) is 11.1 Å². The Kier molecular flexibility index (Phi) is 5.29. The van der Waals surface area contributed by atoms with E-state index < -0.39 is 10.0 Å². The molecule has 0 saturated carbocycles. The molecule has 0 bridgehead atoms. The van der Waals surface area contributed by atoms with Crippen molar-refractivity contribution in [2.75, 3.05) is 7.11 Å². The fourth-order valence-corrected chi connectivity index (χ4v) is 3.78. The quantitative estimate of drug-likeness (QED) is 0.722. The summed E-state index contributed by atoms with van der Waals surface area (Å²) in [5.41, 5.74) is 3.08. The van der Waals surface area contributed by atoms with Gasteiger partial charge in [0.05, 0.1) is 17.7 Å². The average Bonchev–Trinajstić information content (AvgIpc) is 2.68. The Bertz CT molecular complexity index is 1010. The normalized spacial score (nSPS) is 11.3. The number of methoxy groups -OCH3 is 1. The lowest BCUT2D eigenvalue weighted by Crippen LogP contribution is -2.24. The minimum Gasteiger partial charge on any atom is -0.497 e. The number of hydrogen-bond acceptors (Lipinski definition) is 5. The van der Waals surface area contributed by atoms with Crippen molar-refractivity contribution < 1.29 is 13.2 Å². The lowest BCUT2D eigenvalue weighted by molar-refractivity contribution is 0.413. The maximum atomic E-state index is 12.7. The van der Waals surface area contributed by atoms with Crippen LogP contribution in [0.4, 0.5) is 0 Å². The molecule has 1 aromatic carbocycles. The van der Waals surface area contributed by atoms with Crippen molar-refractivity contribution in [2.24, 2.45) is 0 Å². The summed E-state index contributed by atoms with van der Waals surface area (Å²) in [6.45, 7) is 1.91. The van der Waals surface area contributed by atoms with E-state index in [-0.39, 0.29) is 11.4 Å². The first-order valence-corrected chi connectivity index (χ1v) is 9.47. The molecule has 0 aliphatic rings. The Morgan fingerprint density at radius 3 is 2.69 bits per heavy atom. The minimum atomic E-state index is -3.66. The van der Waals surface area contributed by atoms with Gasteiger partial charge in [-0.05, 0) is 48.4 Å². The van der Waals surface area contributed by atoms with Gasteiger partial charge in [0.15, 0.2) is 0 Å². The van der Waals surface area contributed by atoms with E-state index in [4.69, 9.17) is 4.74 Å². The number of nitrogens with one attached hydrogen (secondary N) is 1. The van der Waals surface area contributed by atoms with Gasteiger partial charge in [0.2, 0.25) is 10.0 Å². The van der Waals surface area contributed by atoms with E-state index in [1.54, 1.807) is 43.7 Å². The van der Waals surface area contributed by atoms with Crippen molar-refractivity contribution in [2.45, 2.75) is 18.4 Å². The fourth-order valence-electron chi connectivity index (χ4n) is 2.51. The largest absolute Gasteiger partial charge is 0.497 e. The molecule has 3 rings (SSSR count). The number of aryl methyl sites for hydroxylation is 1. The van der Waals surface area contributed by atoms with Gasteiger partial charge in [-0.3, -0.25) is 9.97 Å². The minimum absolute atomic E-state index is 0.161. The molecular formula is C19H19N3O3S. The predicted molar refractivity (Wildman–Crippen MR) is 99.2 cm³/mol. The molecule has 0 unspecified atom stereocenters. The first kappa shape index (κ1) is 18.0. The molecule has 0 fully saturated rings. The first-order valence-electron chi connectivity index (χ1n) is 7.99. The topological polar surface area (TPSA) is 81.2 Å². The number of rotatable bonds is 6. The number of sulfonamides is 1. The maximum absolute atomic E-state index is 12.7. The smallest absolute Gasteiger partial charge is 0.241 e. The van der Waals surface area contributed by atoms with Crippen LogP contribution in [0.25, 0.3) is 11.3 Å². The average molecular weight is 369 g/mol. The molecule has 26 heavy (non-hydrogen) atoms. The Balaban J connectivity index is 1.81. The summed E-state index contributed by atoms with van der Waals surface area (Å²) in [5.74, 6) is 0.499. The van der Waals surface area contributed by atoms with Crippen LogP contribution < -0.4 is 9.46 Å². The van der Waals surface area contributed by atoms with Gasteiger partial charge in [-0.2, -0.15) is 0 Å². The van der Waals surface area contributed by atoms with Crippen LogP contribution in [0, 0.1) is 6.92 Å². The summed E-state index contributed by atoms with van der Waals surface area (Å²) in [6.07, 6.45) is 5.07. The zero-order valence-corrected chi connectivity index (χ0v) is 15.3. The van der Waals surface area contributed by atoms with Gasteiger partial charge in [0.25, 0.3) is 0 Å². The Labute approximate surface area is 153 Å². The van der Waals surface area contributed by atoms with Crippen molar-refractivity contribution >= 4 is 10.0 Å². The van der Waals surface area contributed by atoms with Gasteiger partial charge >= 0.3 is 0 Å². The van der Waals surface area contributed by atoms with Crippen molar-refractivity contribution in [3.05, 3.63) is 72.2 Å². The van der Waals surface area contributed by atoms with E-state index >= 15 is 0 Å². The molecule has 0 aliphatic heterocycles. The number of hydrogen-bond donors (Lipinski definition) is 1. The molecular weight excluding hydrogens is 350 g/mol. The predicted octanol–water partition coefficient (Wildman–Crippen LogP) is 2.94. The van der Waals surface area contributed by atoms with Gasteiger partial charge in [0.1, 0.15) is 5.75 Å². The van der Waals surface area contributed by atoms with Crippen LogP contribution >= 0.6 is 0 Å². The number of aromatic nitrogens is 2. The van der Waals surface area contributed by atoms with Crippen LogP contribution in [0.5, 0.6) is 5.75 Å². The third-order valence-electron chi connectivity index (χ3n) is 3.93. The maximum Gasteiger partial charge on any atom is 0.241 e. The van der Waals surface area contributed by atoms with E-state index in [0.29, 0.717) is 11.3 Å². The number of pyridine rings is 2. The van der Waals surface area contributed by atoms with Gasteiger partial charge in [0, 0.05) is 36.8 Å². The van der Waals surface area contributed by atoms with E-state index in [2.05, 4.69) is 14.7 Å². The first-order chi connectivity index (χ1) is 12.5. The zero-order valence-electron chi connectivity index (χ0n) is 14.5. The highest BCUT2D eigenvalue weighted by Crippen LogP contribution is 2.22. The van der Waals surface area contributed by atoms with E-state index in [1.165, 1.54) is 13.2 Å². The lowest BCUT2D eigenvalue weighted by Gasteiger charge is -2.11. The van der Waals surface area contributed by atoms with E-state index in [9.17, 15) is 8.42 Å². The lowest BCUT2D eigenvalue weighted by atomic mass is 10.1. The highest BCUT2D eigenvalue weighted by atomic mass is 32.2. The number of benzene rings is 1. The van der Waals surface area contributed by atoms with Gasteiger partial charge in [-0.25, -0.2) is 13.1 Å². The van der Waals surface area contributed by atoms with Crippen LogP contribution in [0.3, 0.4) is 0 Å². The molecule has 0 radical (unpaired) electrons. The second kappa shape index (κ2) is 7.63. The Morgan fingerprint density at radius 2 is 1.96 bits per heavy atom. The van der Waals surface area contributed by atoms with Gasteiger partial charge < -0.3 is 4.74 Å². The number of ether oxygens (including phenoxy) is 1. The molecule has 2 aromatic heterocycles.